The molecule has 0 aliphatic carbocycles. The van der Waals surface area contributed by atoms with E-state index in [1.165, 1.54) is 116 Å². The van der Waals surface area contributed by atoms with Crippen LogP contribution in [0.1, 0.15) is 11.1 Å². The fraction of sp³-hybridized carbons (Fsp3) is 0.0333. The molecule has 0 fully saturated rings. The predicted octanol–water partition coefficient (Wildman–Crippen LogP) is 11.5. The number of rotatable bonds is 5. The molecule has 298 valence electrons. The summed E-state index contributed by atoms with van der Waals surface area (Å²) in [5.41, 5.74) is 20.2. The summed E-state index contributed by atoms with van der Waals surface area (Å²) in [5, 5.41) is 7.71. The van der Waals surface area contributed by atoms with Crippen molar-refractivity contribution in [3.05, 3.63) is 230 Å². The van der Waals surface area contributed by atoms with Gasteiger partial charge in [-0.2, -0.15) is 0 Å². The second-order valence-electron chi connectivity index (χ2n) is 17.7. The standard InChI is InChI=1S/C60H42B2N2/c1-39-17-16-18-40(2)58(39)46-33-29-41-31-35-48-53(36-32-42-30-34-47(46)59(41)60(42)48)64-55-28-15-13-26-50(55)62(44-21-8-4-9-22-44)52-37-51-56(38-57(52)64)63(45-23-10-5-11-24-45)54-27-14-12-25-49(54)61(51)43-19-6-3-7-20-43/h3-38H,1-2H3. The van der Waals surface area contributed by atoms with Crippen molar-refractivity contribution in [2.24, 2.45) is 0 Å². The molecule has 0 radical (unpaired) electrons. The summed E-state index contributed by atoms with van der Waals surface area (Å²) < 4.78 is 0. The number of fused-ring (bicyclic) bond motifs is 4. The van der Waals surface area contributed by atoms with Crippen molar-refractivity contribution in [3.63, 3.8) is 0 Å². The van der Waals surface area contributed by atoms with Crippen LogP contribution < -0.4 is 42.6 Å². The predicted molar refractivity (Wildman–Crippen MR) is 277 cm³/mol. The van der Waals surface area contributed by atoms with Crippen LogP contribution in [0.25, 0.3) is 43.4 Å². The fourth-order valence-electron chi connectivity index (χ4n) is 11.5. The van der Waals surface area contributed by atoms with E-state index >= 15 is 0 Å². The summed E-state index contributed by atoms with van der Waals surface area (Å²) in [6.07, 6.45) is 0. The topological polar surface area (TPSA) is 6.48 Å². The zero-order valence-corrected chi connectivity index (χ0v) is 35.8. The summed E-state index contributed by atoms with van der Waals surface area (Å²) in [6, 6.07) is 81.8. The first kappa shape index (κ1) is 36.8. The van der Waals surface area contributed by atoms with E-state index in [0.717, 1.165) is 5.69 Å². The van der Waals surface area contributed by atoms with Crippen molar-refractivity contribution in [3.8, 4) is 11.1 Å². The molecular formula is C60H42B2N2. The summed E-state index contributed by atoms with van der Waals surface area (Å²) in [4.78, 5) is 5.09. The minimum absolute atomic E-state index is 0.0208. The van der Waals surface area contributed by atoms with Gasteiger partial charge in [-0.3, -0.25) is 0 Å². The van der Waals surface area contributed by atoms with E-state index < -0.39 is 0 Å². The quantitative estimate of drug-likeness (QED) is 0.126. The highest BCUT2D eigenvalue weighted by Gasteiger charge is 2.41. The molecule has 4 heteroatoms. The normalized spacial score (nSPS) is 13.0. The highest BCUT2D eigenvalue weighted by molar-refractivity contribution is 7.00. The number of hydrogen-bond donors (Lipinski definition) is 0. The van der Waals surface area contributed by atoms with Crippen molar-refractivity contribution in [2.45, 2.75) is 13.8 Å². The Hall–Kier alpha value is -7.81. The first-order valence-electron chi connectivity index (χ1n) is 22.5. The monoisotopic (exact) mass is 812 g/mol. The van der Waals surface area contributed by atoms with E-state index in [9.17, 15) is 0 Å². The van der Waals surface area contributed by atoms with Gasteiger partial charge in [-0.1, -0.05) is 193 Å². The number of anilines is 6. The molecule has 0 amide bonds. The van der Waals surface area contributed by atoms with E-state index in [-0.39, 0.29) is 13.4 Å². The molecule has 0 bridgehead atoms. The molecule has 64 heavy (non-hydrogen) atoms. The van der Waals surface area contributed by atoms with Gasteiger partial charge in [-0.05, 0) is 121 Å². The van der Waals surface area contributed by atoms with Crippen molar-refractivity contribution < 1.29 is 0 Å². The zero-order valence-electron chi connectivity index (χ0n) is 35.8. The van der Waals surface area contributed by atoms with Gasteiger partial charge in [-0.15, -0.1) is 0 Å². The van der Waals surface area contributed by atoms with Crippen LogP contribution in [0.4, 0.5) is 34.1 Å². The maximum Gasteiger partial charge on any atom is 0.246 e. The van der Waals surface area contributed by atoms with Crippen molar-refractivity contribution >= 4 is 113 Å². The lowest BCUT2D eigenvalue weighted by Gasteiger charge is -2.42. The fourth-order valence-corrected chi connectivity index (χ4v) is 11.5. The van der Waals surface area contributed by atoms with Crippen molar-refractivity contribution in [2.75, 3.05) is 9.80 Å². The van der Waals surface area contributed by atoms with Crippen LogP contribution in [-0.4, -0.2) is 13.4 Å². The number of para-hydroxylation sites is 3. The summed E-state index contributed by atoms with van der Waals surface area (Å²) in [7, 11) is 0. The number of aryl methyl sites for hydroxylation is 2. The summed E-state index contributed by atoms with van der Waals surface area (Å²) in [6.45, 7) is 4.54. The van der Waals surface area contributed by atoms with E-state index in [1.807, 2.05) is 0 Å². The molecule has 0 saturated heterocycles. The molecule has 0 atom stereocenters. The molecule has 2 heterocycles. The van der Waals surface area contributed by atoms with Crippen LogP contribution in [-0.2, 0) is 0 Å². The first-order chi connectivity index (χ1) is 31.6. The largest absolute Gasteiger partial charge is 0.311 e. The number of benzene rings is 11. The van der Waals surface area contributed by atoms with Gasteiger partial charge in [0.15, 0.2) is 0 Å². The minimum Gasteiger partial charge on any atom is -0.311 e. The van der Waals surface area contributed by atoms with Gasteiger partial charge >= 0.3 is 0 Å². The smallest absolute Gasteiger partial charge is 0.246 e. The Morgan fingerprint density at radius 3 is 1.44 bits per heavy atom. The molecule has 0 aromatic heterocycles. The third-order valence-corrected chi connectivity index (χ3v) is 14.2. The molecule has 0 unspecified atom stereocenters. The SMILES string of the molecule is Cc1cccc(C)c1-c1ccc2ccc3c(N4c5ccccc5B(c5ccccc5)c5cc6c(cc54)N(c4ccccc4)c4ccccc4B6c4ccccc4)ccc4ccc1c2c43. The van der Waals surface area contributed by atoms with Crippen molar-refractivity contribution in [1.82, 2.24) is 0 Å². The van der Waals surface area contributed by atoms with E-state index in [1.54, 1.807) is 0 Å². The molecule has 13 rings (SSSR count). The Bertz CT molecular complexity index is 3580. The first-order valence-corrected chi connectivity index (χ1v) is 22.5. The van der Waals surface area contributed by atoms with Gasteiger partial charge in [0.2, 0.25) is 13.4 Å². The van der Waals surface area contributed by atoms with Crippen LogP contribution in [0.15, 0.2) is 218 Å². The van der Waals surface area contributed by atoms with E-state index in [4.69, 9.17) is 0 Å². The molecule has 2 nitrogen and oxygen atoms in total. The van der Waals surface area contributed by atoms with Gasteiger partial charge < -0.3 is 9.80 Å². The average Bonchev–Trinajstić information content (AvgIpc) is 3.34. The zero-order chi connectivity index (χ0) is 42.5. The van der Waals surface area contributed by atoms with E-state index in [0.29, 0.717) is 0 Å². The summed E-state index contributed by atoms with van der Waals surface area (Å²) in [5.74, 6) is 0. The van der Waals surface area contributed by atoms with Crippen LogP contribution in [0, 0.1) is 13.8 Å². The molecule has 0 spiro atoms. The Morgan fingerprint density at radius 1 is 0.328 bits per heavy atom. The molecule has 0 N–H and O–H groups in total. The van der Waals surface area contributed by atoms with Gasteiger partial charge in [0, 0.05) is 33.8 Å². The third kappa shape index (κ3) is 5.42. The minimum atomic E-state index is 0.0208. The second-order valence-corrected chi connectivity index (χ2v) is 17.7. The summed E-state index contributed by atoms with van der Waals surface area (Å²) >= 11 is 0. The Labute approximate surface area is 375 Å². The molecule has 0 saturated carbocycles. The number of nitrogens with zero attached hydrogens (tertiary/aromatic N) is 2. The Morgan fingerprint density at radius 2 is 0.812 bits per heavy atom. The Balaban J connectivity index is 1.13. The molecule has 2 aliphatic rings. The Kier molecular flexibility index (Phi) is 8.27. The van der Waals surface area contributed by atoms with Gasteiger partial charge in [0.1, 0.15) is 0 Å². The second kappa shape index (κ2) is 14.4. The van der Waals surface area contributed by atoms with Crippen LogP contribution in [0.5, 0.6) is 0 Å². The molecular weight excluding hydrogens is 770 g/mol. The maximum atomic E-state index is 2.59. The van der Waals surface area contributed by atoms with Crippen LogP contribution in [0.3, 0.4) is 0 Å². The van der Waals surface area contributed by atoms with Crippen LogP contribution >= 0.6 is 0 Å². The maximum absolute atomic E-state index is 2.59. The molecule has 11 aromatic rings. The lowest BCUT2D eigenvalue weighted by molar-refractivity contribution is 1.27. The highest BCUT2D eigenvalue weighted by atomic mass is 15.2. The van der Waals surface area contributed by atoms with Gasteiger partial charge in [-0.25, -0.2) is 0 Å². The van der Waals surface area contributed by atoms with Crippen molar-refractivity contribution in [1.29, 1.82) is 0 Å². The molecule has 2 aliphatic heterocycles. The lowest BCUT2D eigenvalue weighted by Crippen LogP contribution is -2.62. The van der Waals surface area contributed by atoms with E-state index in [2.05, 4.69) is 242 Å². The van der Waals surface area contributed by atoms with Gasteiger partial charge in [0.25, 0.3) is 0 Å². The van der Waals surface area contributed by atoms with Crippen LogP contribution in [0.2, 0.25) is 0 Å². The number of hydrogen-bond acceptors (Lipinski definition) is 2. The third-order valence-electron chi connectivity index (χ3n) is 14.2. The molecule has 11 aromatic carbocycles. The lowest BCUT2D eigenvalue weighted by atomic mass is 9.31. The van der Waals surface area contributed by atoms with Gasteiger partial charge in [0.05, 0.1) is 5.69 Å². The highest BCUT2D eigenvalue weighted by Crippen LogP contribution is 2.48. The average molecular weight is 813 g/mol.